The molecule has 1 fully saturated rings. The largest absolute Gasteiger partial charge is 0.399 e. The minimum absolute atomic E-state index is 0.0891. The Morgan fingerprint density at radius 1 is 0.900 bits per heavy atom. The molecule has 0 spiro atoms. The van der Waals surface area contributed by atoms with Gasteiger partial charge < -0.3 is 10.6 Å². The number of benzene rings is 3. The van der Waals surface area contributed by atoms with E-state index in [-0.39, 0.29) is 17.7 Å². The zero-order valence-electron chi connectivity index (χ0n) is 17.2. The van der Waals surface area contributed by atoms with E-state index in [0.717, 1.165) is 30.6 Å². The van der Waals surface area contributed by atoms with Crippen LogP contribution in [0, 0.1) is 0 Å². The lowest BCUT2D eigenvalue weighted by atomic mass is 9.97. The molecule has 4 rings (SSSR count). The number of nitrogens with two attached hydrogens (primary N) is 1. The van der Waals surface area contributed by atoms with Gasteiger partial charge in [0, 0.05) is 31.5 Å². The number of anilines is 1. The van der Waals surface area contributed by atoms with Gasteiger partial charge in [-0.15, -0.1) is 0 Å². The predicted molar refractivity (Wildman–Crippen MR) is 121 cm³/mol. The summed E-state index contributed by atoms with van der Waals surface area (Å²) in [6.45, 7) is 0.770. The lowest BCUT2D eigenvalue weighted by Crippen LogP contribution is -2.30. The SMILES string of the molecule is Nc1ccc(CCC(=O)CCC(=O)N2CCCC2c2cccc3ccccc23)cc1. The molecule has 1 aliphatic heterocycles. The highest BCUT2D eigenvalue weighted by molar-refractivity contribution is 5.88. The van der Waals surface area contributed by atoms with E-state index < -0.39 is 0 Å². The fourth-order valence-electron chi connectivity index (χ4n) is 4.41. The zero-order valence-corrected chi connectivity index (χ0v) is 17.2. The average molecular weight is 401 g/mol. The van der Waals surface area contributed by atoms with Gasteiger partial charge in [-0.3, -0.25) is 9.59 Å². The fraction of sp³-hybridized carbons (Fsp3) is 0.308. The van der Waals surface area contributed by atoms with E-state index in [1.165, 1.54) is 16.3 Å². The molecule has 4 nitrogen and oxygen atoms in total. The van der Waals surface area contributed by atoms with Gasteiger partial charge in [0.05, 0.1) is 6.04 Å². The molecule has 1 unspecified atom stereocenters. The summed E-state index contributed by atoms with van der Waals surface area (Å²) in [4.78, 5) is 27.3. The lowest BCUT2D eigenvalue weighted by molar-refractivity contribution is -0.134. The number of rotatable bonds is 7. The van der Waals surface area contributed by atoms with Gasteiger partial charge in [-0.1, -0.05) is 54.6 Å². The number of aryl methyl sites for hydroxylation is 1. The number of hydrogen-bond donors (Lipinski definition) is 1. The Bertz CT molecular complexity index is 1040. The van der Waals surface area contributed by atoms with Crippen LogP contribution in [0.3, 0.4) is 0 Å². The molecule has 3 aromatic rings. The van der Waals surface area contributed by atoms with E-state index in [0.29, 0.717) is 25.7 Å². The van der Waals surface area contributed by atoms with Gasteiger partial charge in [-0.05, 0) is 53.3 Å². The van der Waals surface area contributed by atoms with Crippen LogP contribution in [-0.4, -0.2) is 23.1 Å². The number of ketones is 1. The molecule has 0 radical (unpaired) electrons. The van der Waals surface area contributed by atoms with Crippen molar-refractivity contribution in [1.29, 1.82) is 0 Å². The molecule has 4 heteroatoms. The highest BCUT2D eigenvalue weighted by Crippen LogP contribution is 2.36. The van der Waals surface area contributed by atoms with Crippen molar-refractivity contribution < 1.29 is 9.59 Å². The molecule has 154 valence electrons. The smallest absolute Gasteiger partial charge is 0.223 e. The van der Waals surface area contributed by atoms with Crippen molar-refractivity contribution in [1.82, 2.24) is 4.90 Å². The molecular formula is C26H28N2O2. The van der Waals surface area contributed by atoms with Gasteiger partial charge in [-0.2, -0.15) is 0 Å². The first-order valence-electron chi connectivity index (χ1n) is 10.7. The third-order valence-corrected chi connectivity index (χ3v) is 6.05. The van der Waals surface area contributed by atoms with Gasteiger partial charge in [0.15, 0.2) is 0 Å². The van der Waals surface area contributed by atoms with E-state index in [1.54, 1.807) is 0 Å². The summed E-state index contributed by atoms with van der Waals surface area (Å²) < 4.78 is 0. The summed E-state index contributed by atoms with van der Waals surface area (Å²) in [6, 6.07) is 22.4. The second kappa shape index (κ2) is 9.12. The molecule has 0 saturated carbocycles. The summed E-state index contributed by atoms with van der Waals surface area (Å²) >= 11 is 0. The molecule has 30 heavy (non-hydrogen) atoms. The van der Waals surface area contributed by atoms with Crippen LogP contribution in [0.15, 0.2) is 66.7 Å². The monoisotopic (exact) mass is 400 g/mol. The second-order valence-electron chi connectivity index (χ2n) is 8.09. The summed E-state index contributed by atoms with van der Waals surface area (Å²) in [6.07, 6.45) is 3.74. The molecular weight excluding hydrogens is 372 g/mol. The molecule has 2 N–H and O–H groups in total. The van der Waals surface area contributed by atoms with Crippen LogP contribution in [0.4, 0.5) is 5.69 Å². The Morgan fingerprint density at radius 3 is 2.50 bits per heavy atom. The highest BCUT2D eigenvalue weighted by atomic mass is 16.2. The van der Waals surface area contributed by atoms with Gasteiger partial charge in [0.2, 0.25) is 5.91 Å². The summed E-state index contributed by atoms with van der Waals surface area (Å²) in [5.41, 5.74) is 8.74. The van der Waals surface area contributed by atoms with Crippen LogP contribution in [0.5, 0.6) is 0 Å². The molecule has 1 heterocycles. The van der Waals surface area contributed by atoms with E-state index in [9.17, 15) is 9.59 Å². The second-order valence-corrected chi connectivity index (χ2v) is 8.09. The summed E-state index contributed by atoms with van der Waals surface area (Å²) in [5.74, 6) is 0.229. The van der Waals surface area contributed by atoms with Gasteiger partial charge in [0.25, 0.3) is 0 Å². The minimum atomic E-state index is 0.0891. The number of nitrogens with zero attached hydrogens (tertiary/aromatic N) is 1. The van der Waals surface area contributed by atoms with Gasteiger partial charge in [0.1, 0.15) is 5.78 Å². The van der Waals surface area contributed by atoms with Crippen molar-refractivity contribution in [3.8, 4) is 0 Å². The quantitative estimate of drug-likeness (QED) is 0.563. The molecule has 1 aliphatic rings. The Hall–Kier alpha value is -3.14. The number of amides is 1. The summed E-state index contributed by atoms with van der Waals surface area (Å²) in [7, 11) is 0. The highest BCUT2D eigenvalue weighted by Gasteiger charge is 2.30. The van der Waals surface area contributed by atoms with Crippen LogP contribution < -0.4 is 5.73 Å². The first kappa shape index (κ1) is 20.1. The number of carbonyl (C=O) groups excluding carboxylic acids is 2. The molecule has 1 atom stereocenters. The first-order chi connectivity index (χ1) is 14.6. The topological polar surface area (TPSA) is 63.4 Å². The number of Topliss-reactive ketones (excluding diaryl/α,β-unsaturated/α-hetero) is 1. The number of carbonyl (C=O) groups is 2. The Morgan fingerprint density at radius 2 is 1.67 bits per heavy atom. The van der Waals surface area contributed by atoms with Crippen molar-refractivity contribution in [2.24, 2.45) is 0 Å². The van der Waals surface area contributed by atoms with Crippen molar-refractivity contribution in [2.75, 3.05) is 12.3 Å². The van der Waals surface area contributed by atoms with Crippen molar-refractivity contribution in [2.45, 2.75) is 44.6 Å². The maximum absolute atomic E-state index is 12.9. The number of likely N-dealkylation sites (tertiary alicyclic amines) is 1. The number of fused-ring (bicyclic) bond motifs is 1. The summed E-state index contributed by atoms with van der Waals surface area (Å²) in [5, 5.41) is 2.41. The molecule has 0 bridgehead atoms. The normalized spacial score (nSPS) is 16.1. The van der Waals surface area contributed by atoms with E-state index in [2.05, 4.69) is 30.3 Å². The molecule has 0 aromatic heterocycles. The fourth-order valence-corrected chi connectivity index (χ4v) is 4.41. The Kier molecular flexibility index (Phi) is 6.12. The maximum atomic E-state index is 12.9. The predicted octanol–water partition coefficient (Wildman–Crippen LogP) is 5.07. The third kappa shape index (κ3) is 4.54. The zero-order chi connectivity index (χ0) is 20.9. The van der Waals surface area contributed by atoms with Crippen LogP contribution in [0.2, 0.25) is 0 Å². The third-order valence-electron chi connectivity index (χ3n) is 6.05. The van der Waals surface area contributed by atoms with Gasteiger partial charge >= 0.3 is 0 Å². The van der Waals surface area contributed by atoms with Crippen molar-refractivity contribution >= 4 is 28.2 Å². The number of nitrogen functional groups attached to an aromatic ring is 1. The van der Waals surface area contributed by atoms with Crippen molar-refractivity contribution in [3.63, 3.8) is 0 Å². The minimum Gasteiger partial charge on any atom is -0.399 e. The van der Waals surface area contributed by atoms with E-state index >= 15 is 0 Å². The van der Waals surface area contributed by atoms with E-state index in [1.807, 2.05) is 41.3 Å². The lowest BCUT2D eigenvalue weighted by Gasteiger charge is -2.26. The average Bonchev–Trinajstić information content (AvgIpc) is 3.26. The van der Waals surface area contributed by atoms with Crippen LogP contribution in [0.25, 0.3) is 10.8 Å². The van der Waals surface area contributed by atoms with Gasteiger partial charge in [-0.25, -0.2) is 0 Å². The maximum Gasteiger partial charge on any atom is 0.223 e. The Labute approximate surface area is 177 Å². The molecule has 3 aromatic carbocycles. The Balaban J connectivity index is 1.35. The van der Waals surface area contributed by atoms with Crippen LogP contribution in [0.1, 0.15) is 49.3 Å². The molecule has 1 amide bonds. The van der Waals surface area contributed by atoms with Crippen LogP contribution >= 0.6 is 0 Å². The first-order valence-corrected chi connectivity index (χ1v) is 10.7. The van der Waals surface area contributed by atoms with Crippen molar-refractivity contribution in [3.05, 3.63) is 77.9 Å². The number of hydrogen-bond acceptors (Lipinski definition) is 3. The molecule has 1 saturated heterocycles. The molecule has 0 aliphatic carbocycles. The van der Waals surface area contributed by atoms with Crippen LogP contribution in [-0.2, 0) is 16.0 Å². The standard InChI is InChI=1S/C26H28N2O2/c27-21-13-10-19(11-14-21)12-15-22(29)16-17-26(30)28-18-4-9-25(28)24-8-3-6-20-5-1-2-7-23(20)24/h1-3,5-8,10-11,13-14,25H,4,9,12,15-18,27H2. The van der Waals surface area contributed by atoms with E-state index in [4.69, 9.17) is 5.73 Å².